The van der Waals surface area contributed by atoms with Crippen molar-refractivity contribution < 1.29 is 0 Å². The van der Waals surface area contributed by atoms with Crippen molar-refractivity contribution in [3.05, 3.63) is 59.8 Å². The molecule has 0 saturated heterocycles. The van der Waals surface area contributed by atoms with Gasteiger partial charge in [0.25, 0.3) is 0 Å². The maximum atomic E-state index is 8.95. The van der Waals surface area contributed by atoms with Gasteiger partial charge in [-0.3, -0.25) is 5.10 Å². The molecule has 1 aromatic heterocycles. The van der Waals surface area contributed by atoms with Gasteiger partial charge in [-0.2, -0.15) is 10.4 Å². The Morgan fingerprint density at radius 2 is 2.15 bits per heavy atom. The largest absolute Gasteiger partial charge is 0.378 e. The van der Waals surface area contributed by atoms with Gasteiger partial charge < -0.3 is 5.32 Å². The van der Waals surface area contributed by atoms with Gasteiger partial charge in [-0.1, -0.05) is 12.1 Å². The number of hydrogen-bond donors (Lipinski definition) is 2. The van der Waals surface area contributed by atoms with Crippen LogP contribution in [-0.4, -0.2) is 10.2 Å². The van der Waals surface area contributed by atoms with Crippen LogP contribution in [0.4, 0.5) is 5.69 Å². The molecule has 0 aliphatic carbocycles. The summed E-state index contributed by atoms with van der Waals surface area (Å²) in [5.74, 6) is 0. The number of nitriles is 1. The van der Waals surface area contributed by atoms with Crippen molar-refractivity contribution >= 4 is 16.6 Å². The fourth-order valence-electron chi connectivity index (χ4n) is 2.24. The molecule has 0 aliphatic rings. The first-order valence-corrected chi connectivity index (χ1v) is 6.46. The number of hydrogen-bond acceptors (Lipinski definition) is 3. The second-order valence-electron chi connectivity index (χ2n) is 4.78. The molecule has 1 unspecified atom stereocenters. The van der Waals surface area contributed by atoms with Crippen LogP contribution in [0.5, 0.6) is 0 Å². The summed E-state index contributed by atoms with van der Waals surface area (Å²) in [5.41, 5.74) is 3.80. The smallest absolute Gasteiger partial charge is 0.0991 e. The van der Waals surface area contributed by atoms with Crippen molar-refractivity contribution in [2.24, 2.45) is 0 Å². The highest BCUT2D eigenvalue weighted by Gasteiger charge is 2.07. The van der Waals surface area contributed by atoms with Crippen LogP contribution in [0.1, 0.15) is 24.1 Å². The number of fused-ring (bicyclic) bond motifs is 1. The Balaban J connectivity index is 1.84. The van der Waals surface area contributed by atoms with Crippen molar-refractivity contribution in [3.8, 4) is 6.07 Å². The third-order valence-corrected chi connectivity index (χ3v) is 3.34. The first kappa shape index (κ1) is 12.2. The quantitative estimate of drug-likeness (QED) is 0.757. The molecule has 2 aromatic carbocycles. The van der Waals surface area contributed by atoms with E-state index in [0.29, 0.717) is 5.56 Å². The van der Waals surface area contributed by atoms with Crippen LogP contribution < -0.4 is 5.32 Å². The number of anilines is 1. The van der Waals surface area contributed by atoms with Gasteiger partial charge in [-0.25, -0.2) is 0 Å². The highest BCUT2D eigenvalue weighted by molar-refractivity contribution is 5.81. The topological polar surface area (TPSA) is 64.5 Å². The number of aromatic amines is 1. The maximum absolute atomic E-state index is 8.95. The van der Waals surface area contributed by atoms with Crippen LogP contribution in [0, 0.1) is 11.3 Å². The van der Waals surface area contributed by atoms with Gasteiger partial charge in [0.2, 0.25) is 0 Å². The summed E-state index contributed by atoms with van der Waals surface area (Å²) < 4.78 is 0. The van der Waals surface area contributed by atoms with E-state index in [0.717, 1.165) is 22.2 Å². The van der Waals surface area contributed by atoms with E-state index >= 15 is 0 Å². The number of nitrogens with one attached hydrogen (secondary N) is 2. The van der Waals surface area contributed by atoms with E-state index in [-0.39, 0.29) is 6.04 Å². The Morgan fingerprint density at radius 3 is 3.00 bits per heavy atom. The summed E-state index contributed by atoms with van der Waals surface area (Å²) in [6.07, 6.45) is 1.80. The van der Waals surface area contributed by atoms with Gasteiger partial charge in [0.15, 0.2) is 0 Å². The maximum Gasteiger partial charge on any atom is 0.0991 e. The summed E-state index contributed by atoms with van der Waals surface area (Å²) in [7, 11) is 0. The highest BCUT2D eigenvalue weighted by Crippen LogP contribution is 2.22. The minimum atomic E-state index is 0.128. The predicted molar refractivity (Wildman–Crippen MR) is 79.3 cm³/mol. The van der Waals surface area contributed by atoms with Crippen molar-refractivity contribution in [2.45, 2.75) is 13.0 Å². The SMILES string of the molecule is CC(Nc1ccc2cn[nH]c2c1)c1cccc(C#N)c1. The lowest BCUT2D eigenvalue weighted by Gasteiger charge is -2.16. The van der Waals surface area contributed by atoms with Crippen molar-refractivity contribution in [1.29, 1.82) is 5.26 Å². The van der Waals surface area contributed by atoms with Crippen molar-refractivity contribution in [2.75, 3.05) is 5.32 Å². The first-order valence-electron chi connectivity index (χ1n) is 6.46. The molecule has 4 heteroatoms. The summed E-state index contributed by atoms with van der Waals surface area (Å²) in [5, 5.41) is 20.4. The lowest BCUT2D eigenvalue weighted by molar-refractivity contribution is 0.884. The number of H-pyrrole nitrogens is 1. The normalized spacial score (nSPS) is 12.0. The number of aromatic nitrogens is 2. The Morgan fingerprint density at radius 1 is 1.25 bits per heavy atom. The van der Waals surface area contributed by atoms with Gasteiger partial charge >= 0.3 is 0 Å². The summed E-state index contributed by atoms with van der Waals surface area (Å²) in [6, 6.07) is 16.0. The molecule has 3 rings (SSSR count). The Labute approximate surface area is 117 Å². The Kier molecular flexibility index (Phi) is 3.10. The predicted octanol–water partition coefficient (Wildman–Crippen LogP) is 3.61. The molecule has 0 bridgehead atoms. The van der Waals surface area contributed by atoms with Gasteiger partial charge in [0, 0.05) is 17.1 Å². The zero-order valence-corrected chi connectivity index (χ0v) is 11.1. The molecule has 20 heavy (non-hydrogen) atoms. The molecule has 2 N–H and O–H groups in total. The molecule has 0 fully saturated rings. The van der Waals surface area contributed by atoms with E-state index in [2.05, 4.69) is 28.5 Å². The van der Waals surface area contributed by atoms with E-state index in [4.69, 9.17) is 5.26 Å². The molecule has 3 aromatic rings. The molecule has 0 saturated carbocycles. The van der Waals surface area contributed by atoms with Crippen LogP contribution in [0.2, 0.25) is 0 Å². The number of rotatable bonds is 3. The van der Waals surface area contributed by atoms with Crippen LogP contribution in [-0.2, 0) is 0 Å². The first-order chi connectivity index (χ1) is 9.76. The number of benzene rings is 2. The Hall–Kier alpha value is -2.80. The molecular weight excluding hydrogens is 248 g/mol. The molecule has 4 nitrogen and oxygen atoms in total. The van der Waals surface area contributed by atoms with Gasteiger partial charge in [-0.15, -0.1) is 0 Å². The van der Waals surface area contributed by atoms with E-state index in [1.807, 2.05) is 42.5 Å². The fourth-order valence-corrected chi connectivity index (χ4v) is 2.24. The molecule has 1 atom stereocenters. The van der Waals surface area contributed by atoms with Gasteiger partial charge in [-0.05, 0) is 42.8 Å². The zero-order chi connectivity index (χ0) is 13.9. The molecular formula is C16H14N4. The second kappa shape index (κ2) is 5.06. The van der Waals surface area contributed by atoms with Gasteiger partial charge in [0.1, 0.15) is 0 Å². The molecule has 98 valence electrons. The van der Waals surface area contributed by atoms with E-state index in [9.17, 15) is 0 Å². The molecule has 0 spiro atoms. The van der Waals surface area contributed by atoms with Crippen molar-refractivity contribution in [3.63, 3.8) is 0 Å². The molecule has 0 radical (unpaired) electrons. The summed E-state index contributed by atoms with van der Waals surface area (Å²) in [6.45, 7) is 2.08. The summed E-state index contributed by atoms with van der Waals surface area (Å²) >= 11 is 0. The standard InChI is InChI=1S/C16H14N4/c1-11(13-4-2-3-12(7-13)9-17)19-15-6-5-14-10-18-20-16(14)8-15/h2-8,10-11,19H,1H3,(H,18,20). The van der Waals surface area contributed by atoms with E-state index in [1.165, 1.54) is 0 Å². The van der Waals surface area contributed by atoms with Crippen LogP contribution in [0.3, 0.4) is 0 Å². The second-order valence-corrected chi connectivity index (χ2v) is 4.78. The third kappa shape index (κ3) is 2.34. The van der Waals surface area contributed by atoms with E-state index < -0.39 is 0 Å². The molecule has 0 amide bonds. The van der Waals surface area contributed by atoms with Crippen LogP contribution >= 0.6 is 0 Å². The van der Waals surface area contributed by atoms with Crippen molar-refractivity contribution in [1.82, 2.24) is 10.2 Å². The number of nitrogens with zero attached hydrogens (tertiary/aromatic N) is 2. The monoisotopic (exact) mass is 262 g/mol. The minimum Gasteiger partial charge on any atom is -0.378 e. The highest BCUT2D eigenvalue weighted by atomic mass is 15.1. The average Bonchev–Trinajstić information content (AvgIpc) is 2.95. The minimum absolute atomic E-state index is 0.128. The summed E-state index contributed by atoms with van der Waals surface area (Å²) in [4.78, 5) is 0. The average molecular weight is 262 g/mol. The Bertz CT molecular complexity index is 782. The zero-order valence-electron chi connectivity index (χ0n) is 11.1. The van der Waals surface area contributed by atoms with Crippen LogP contribution in [0.15, 0.2) is 48.7 Å². The third-order valence-electron chi connectivity index (χ3n) is 3.34. The van der Waals surface area contributed by atoms with Gasteiger partial charge in [0.05, 0.1) is 23.3 Å². The fraction of sp³-hybridized carbons (Fsp3) is 0.125. The lowest BCUT2D eigenvalue weighted by Crippen LogP contribution is -2.06. The molecule has 0 aliphatic heterocycles. The van der Waals surface area contributed by atoms with Crippen LogP contribution in [0.25, 0.3) is 10.9 Å². The molecule has 1 heterocycles. The van der Waals surface area contributed by atoms with E-state index in [1.54, 1.807) is 6.20 Å². The lowest BCUT2D eigenvalue weighted by atomic mass is 10.1.